The van der Waals surface area contributed by atoms with Crippen LogP contribution in [0.5, 0.6) is 0 Å². The quantitative estimate of drug-likeness (QED) is 0.854. The molecule has 1 aromatic rings. The molecule has 0 saturated carbocycles. The van der Waals surface area contributed by atoms with Gasteiger partial charge in [0.2, 0.25) is 5.91 Å². The molecular weight excluding hydrogens is 336 g/mol. The number of carbonyl (C=O) groups excluding carboxylic acids is 2. The second kappa shape index (κ2) is 7.65. The molecule has 8 heteroatoms. The molecule has 8 nitrogen and oxygen atoms in total. The molecule has 2 aliphatic heterocycles. The van der Waals surface area contributed by atoms with Crippen molar-refractivity contribution < 1.29 is 19.2 Å². The molecule has 0 unspecified atom stereocenters. The van der Waals surface area contributed by atoms with Crippen molar-refractivity contribution in [2.75, 3.05) is 40.3 Å². The standard InChI is InChI=1S/C18H28N4O4/c1-12-8-15(26-19-12)9-14-10-22(11-16(14)23)17(24)13-4-6-21(7-5-13)18(25)20(2)3/h8,13-14,16,23H,4-7,9-11H2,1-3H3/t14-,16+/m1/s1. The predicted molar refractivity (Wildman–Crippen MR) is 94.4 cm³/mol. The van der Waals surface area contributed by atoms with Gasteiger partial charge in [-0.25, -0.2) is 4.79 Å². The van der Waals surface area contributed by atoms with E-state index in [4.69, 9.17) is 4.52 Å². The van der Waals surface area contributed by atoms with Gasteiger partial charge in [0.15, 0.2) is 0 Å². The van der Waals surface area contributed by atoms with Crippen LogP contribution in [0.25, 0.3) is 0 Å². The van der Waals surface area contributed by atoms with E-state index in [-0.39, 0.29) is 23.8 Å². The van der Waals surface area contributed by atoms with E-state index in [0.717, 1.165) is 11.5 Å². The van der Waals surface area contributed by atoms with Gasteiger partial charge >= 0.3 is 6.03 Å². The number of hydrogen-bond acceptors (Lipinski definition) is 5. The number of likely N-dealkylation sites (tertiary alicyclic amines) is 2. The maximum Gasteiger partial charge on any atom is 0.319 e. The zero-order chi connectivity index (χ0) is 18.8. The Bertz CT molecular complexity index is 651. The molecule has 0 bridgehead atoms. The van der Waals surface area contributed by atoms with Crippen LogP contribution >= 0.6 is 0 Å². The minimum absolute atomic E-state index is 0.00471. The number of amides is 3. The van der Waals surface area contributed by atoms with Gasteiger partial charge in [-0.3, -0.25) is 4.79 Å². The highest BCUT2D eigenvalue weighted by Crippen LogP contribution is 2.26. The third kappa shape index (κ3) is 4.00. The summed E-state index contributed by atoms with van der Waals surface area (Å²) in [6.45, 7) is 3.97. The van der Waals surface area contributed by atoms with Crippen LogP contribution in [0.3, 0.4) is 0 Å². The molecule has 3 amide bonds. The van der Waals surface area contributed by atoms with Gasteiger partial charge in [-0.05, 0) is 19.8 Å². The molecule has 1 aromatic heterocycles. The molecule has 0 aromatic carbocycles. The Morgan fingerprint density at radius 3 is 2.54 bits per heavy atom. The molecule has 2 aliphatic rings. The summed E-state index contributed by atoms with van der Waals surface area (Å²) in [7, 11) is 3.47. The van der Waals surface area contributed by atoms with Crippen molar-refractivity contribution in [1.82, 2.24) is 19.9 Å². The summed E-state index contributed by atoms with van der Waals surface area (Å²) in [5.41, 5.74) is 0.819. The summed E-state index contributed by atoms with van der Waals surface area (Å²) in [6.07, 6.45) is 1.40. The fraction of sp³-hybridized carbons (Fsp3) is 0.722. The number of piperidine rings is 1. The molecule has 3 heterocycles. The molecule has 26 heavy (non-hydrogen) atoms. The smallest absolute Gasteiger partial charge is 0.319 e. The van der Waals surface area contributed by atoms with Crippen LogP contribution in [-0.2, 0) is 11.2 Å². The van der Waals surface area contributed by atoms with Crippen LogP contribution in [0.15, 0.2) is 10.6 Å². The van der Waals surface area contributed by atoms with Gasteiger partial charge in [0.1, 0.15) is 5.76 Å². The average molecular weight is 364 g/mol. The Morgan fingerprint density at radius 2 is 1.96 bits per heavy atom. The number of aryl methyl sites for hydroxylation is 1. The summed E-state index contributed by atoms with van der Waals surface area (Å²) in [5, 5.41) is 14.2. The molecule has 0 radical (unpaired) electrons. The first-order valence-corrected chi connectivity index (χ1v) is 9.20. The minimum Gasteiger partial charge on any atom is -0.391 e. The molecule has 0 spiro atoms. The maximum atomic E-state index is 12.8. The Labute approximate surface area is 153 Å². The van der Waals surface area contributed by atoms with Crippen LogP contribution in [0.4, 0.5) is 4.79 Å². The third-order valence-corrected chi connectivity index (χ3v) is 5.36. The number of rotatable bonds is 3. The van der Waals surface area contributed by atoms with E-state index < -0.39 is 6.10 Å². The predicted octanol–water partition coefficient (Wildman–Crippen LogP) is 0.738. The van der Waals surface area contributed by atoms with E-state index in [1.807, 2.05) is 13.0 Å². The summed E-state index contributed by atoms with van der Waals surface area (Å²) in [4.78, 5) is 29.9. The van der Waals surface area contributed by atoms with Crippen molar-refractivity contribution in [3.63, 3.8) is 0 Å². The minimum atomic E-state index is -0.542. The summed E-state index contributed by atoms with van der Waals surface area (Å²) < 4.78 is 5.23. The number of hydrogen-bond donors (Lipinski definition) is 1. The van der Waals surface area contributed by atoms with Crippen molar-refractivity contribution in [2.24, 2.45) is 11.8 Å². The lowest BCUT2D eigenvalue weighted by molar-refractivity contribution is -0.136. The fourth-order valence-corrected chi connectivity index (χ4v) is 3.86. The van der Waals surface area contributed by atoms with E-state index in [1.165, 1.54) is 0 Å². The lowest BCUT2D eigenvalue weighted by Crippen LogP contribution is -2.47. The van der Waals surface area contributed by atoms with Crippen molar-refractivity contribution in [3.8, 4) is 0 Å². The molecule has 1 N–H and O–H groups in total. The molecule has 3 rings (SSSR count). The van der Waals surface area contributed by atoms with Gasteiger partial charge in [0.25, 0.3) is 0 Å². The molecule has 2 saturated heterocycles. The molecule has 0 aliphatic carbocycles. The van der Waals surface area contributed by atoms with Crippen LogP contribution in [0.1, 0.15) is 24.3 Å². The summed E-state index contributed by atoms with van der Waals surface area (Å²) >= 11 is 0. The summed E-state index contributed by atoms with van der Waals surface area (Å²) in [5.74, 6) is 0.745. The van der Waals surface area contributed by atoms with E-state index in [2.05, 4.69) is 5.16 Å². The largest absolute Gasteiger partial charge is 0.391 e. The van der Waals surface area contributed by atoms with Gasteiger partial charge in [-0.1, -0.05) is 5.16 Å². The number of aliphatic hydroxyl groups is 1. The first kappa shape index (κ1) is 18.7. The van der Waals surface area contributed by atoms with E-state index in [9.17, 15) is 14.7 Å². The van der Waals surface area contributed by atoms with Crippen molar-refractivity contribution in [1.29, 1.82) is 0 Å². The second-order valence-corrected chi connectivity index (χ2v) is 7.65. The van der Waals surface area contributed by atoms with Crippen LogP contribution < -0.4 is 0 Å². The highest BCUT2D eigenvalue weighted by Gasteiger charge is 2.38. The first-order chi connectivity index (χ1) is 12.3. The number of nitrogens with zero attached hydrogens (tertiary/aromatic N) is 4. The molecular formula is C18H28N4O4. The van der Waals surface area contributed by atoms with Crippen molar-refractivity contribution in [3.05, 3.63) is 17.5 Å². The second-order valence-electron chi connectivity index (χ2n) is 7.65. The first-order valence-electron chi connectivity index (χ1n) is 9.20. The monoisotopic (exact) mass is 364 g/mol. The van der Waals surface area contributed by atoms with Gasteiger partial charge in [-0.15, -0.1) is 0 Å². The topological polar surface area (TPSA) is 90.1 Å². The Kier molecular flexibility index (Phi) is 5.50. The lowest BCUT2D eigenvalue weighted by atomic mass is 9.95. The van der Waals surface area contributed by atoms with E-state index >= 15 is 0 Å². The average Bonchev–Trinajstić information content (AvgIpc) is 3.19. The van der Waals surface area contributed by atoms with E-state index in [1.54, 1.807) is 28.8 Å². The van der Waals surface area contributed by atoms with Gasteiger partial charge in [-0.2, -0.15) is 0 Å². The maximum absolute atomic E-state index is 12.8. The van der Waals surface area contributed by atoms with Crippen LogP contribution in [0.2, 0.25) is 0 Å². The van der Waals surface area contributed by atoms with E-state index in [0.29, 0.717) is 45.4 Å². The fourth-order valence-electron chi connectivity index (χ4n) is 3.86. The van der Waals surface area contributed by atoms with Crippen molar-refractivity contribution >= 4 is 11.9 Å². The number of aromatic nitrogens is 1. The van der Waals surface area contributed by atoms with Gasteiger partial charge in [0.05, 0.1) is 11.8 Å². The molecule has 144 valence electrons. The Balaban J connectivity index is 1.52. The number of aliphatic hydroxyl groups excluding tert-OH is 1. The Hall–Kier alpha value is -2.09. The highest BCUT2D eigenvalue weighted by molar-refractivity contribution is 5.80. The molecule has 2 atom stereocenters. The zero-order valence-corrected chi connectivity index (χ0v) is 15.7. The van der Waals surface area contributed by atoms with Gasteiger partial charge in [0, 0.05) is 64.6 Å². The SMILES string of the molecule is Cc1cc(C[C@@H]2CN(C(=O)C3CCN(C(=O)N(C)C)CC3)C[C@@H]2O)on1. The third-order valence-electron chi connectivity index (χ3n) is 5.36. The molecule has 2 fully saturated rings. The summed E-state index contributed by atoms with van der Waals surface area (Å²) in [6, 6.07) is 1.87. The lowest BCUT2D eigenvalue weighted by Gasteiger charge is -2.34. The Morgan fingerprint density at radius 1 is 1.27 bits per heavy atom. The van der Waals surface area contributed by atoms with Crippen LogP contribution in [-0.4, -0.2) is 83.3 Å². The number of carbonyl (C=O) groups is 2. The highest BCUT2D eigenvalue weighted by atomic mass is 16.5. The number of β-amino-alcohol motifs (C(OH)–C–C–N with tert-alkyl or cyclic N) is 1. The normalized spacial score (nSPS) is 24.2. The zero-order valence-electron chi connectivity index (χ0n) is 15.7. The number of urea groups is 1. The van der Waals surface area contributed by atoms with Gasteiger partial charge < -0.3 is 24.3 Å². The van der Waals surface area contributed by atoms with Crippen molar-refractivity contribution in [2.45, 2.75) is 32.3 Å². The van der Waals surface area contributed by atoms with Crippen LogP contribution in [0, 0.1) is 18.8 Å².